The van der Waals surface area contributed by atoms with Gasteiger partial charge in [0.25, 0.3) is 0 Å². The summed E-state index contributed by atoms with van der Waals surface area (Å²) in [6.07, 6.45) is 7.63. The fourth-order valence-electron chi connectivity index (χ4n) is 7.71. The SMILES string of the molecule is Cl[P+](N1CCC[C@H]1CN1CCOCC1)(N1CCC[C@H]1CN1CCOCC1)N1CCC[C@H]1CN1CCOCC1. The van der Waals surface area contributed by atoms with Crippen LogP contribution in [0.3, 0.4) is 0 Å². The Bertz CT molecular complexity index is 647. The summed E-state index contributed by atoms with van der Waals surface area (Å²) in [6.45, 7) is 18.4. The van der Waals surface area contributed by atoms with Crippen LogP contribution in [-0.2, 0) is 14.2 Å². The van der Waals surface area contributed by atoms with E-state index >= 15 is 0 Å². The second-order valence-electron chi connectivity index (χ2n) is 12.1. The first-order valence-electron chi connectivity index (χ1n) is 15.5. The minimum absolute atomic E-state index is 0.549. The summed E-state index contributed by atoms with van der Waals surface area (Å²) in [7, 11) is -2.19. The van der Waals surface area contributed by atoms with E-state index in [0.29, 0.717) is 18.1 Å². The van der Waals surface area contributed by atoms with Crippen molar-refractivity contribution in [2.75, 3.05) is 118 Å². The number of halogens is 1. The first-order chi connectivity index (χ1) is 18.7. The van der Waals surface area contributed by atoms with Crippen molar-refractivity contribution in [3.8, 4) is 0 Å². The lowest BCUT2D eigenvalue weighted by molar-refractivity contribution is 0.0270. The van der Waals surface area contributed by atoms with Crippen molar-refractivity contribution in [3.63, 3.8) is 0 Å². The smallest absolute Gasteiger partial charge is 0.332 e. The van der Waals surface area contributed by atoms with Crippen molar-refractivity contribution in [2.24, 2.45) is 0 Å². The largest absolute Gasteiger partial charge is 0.379 e. The molecule has 6 aliphatic heterocycles. The number of hydrogen-bond donors (Lipinski definition) is 0. The third-order valence-corrected chi connectivity index (χ3v) is 15.0. The van der Waals surface area contributed by atoms with E-state index in [0.717, 1.165) is 118 Å². The lowest BCUT2D eigenvalue weighted by atomic mass is 10.2. The van der Waals surface area contributed by atoms with Gasteiger partial charge in [0.05, 0.1) is 57.8 Å². The normalized spacial score (nSPS) is 34.5. The predicted molar refractivity (Wildman–Crippen MR) is 154 cm³/mol. The molecule has 218 valence electrons. The highest BCUT2D eigenvalue weighted by molar-refractivity contribution is 7.93. The van der Waals surface area contributed by atoms with Crippen LogP contribution in [0.5, 0.6) is 0 Å². The van der Waals surface area contributed by atoms with Crippen LogP contribution in [0.25, 0.3) is 0 Å². The molecule has 0 aliphatic carbocycles. The molecule has 0 radical (unpaired) electrons. The van der Waals surface area contributed by atoms with E-state index in [2.05, 4.69) is 28.7 Å². The second kappa shape index (κ2) is 13.6. The van der Waals surface area contributed by atoms with E-state index in [-0.39, 0.29) is 0 Å². The summed E-state index contributed by atoms with van der Waals surface area (Å²) >= 11 is 8.35. The highest BCUT2D eigenvalue weighted by atomic mass is 35.7. The van der Waals surface area contributed by atoms with Gasteiger partial charge in [-0.1, -0.05) is 0 Å². The highest BCUT2D eigenvalue weighted by Crippen LogP contribution is 2.76. The van der Waals surface area contributed by atoms with E-state index < -0.39 is 7.07 Å². The van der Waals surface area contributed by atoms with Crippen LogP contribution in [-0.4, -0.2) is 165 Å². The highest BCUT2D eigenvalue weighted by Gasteiger charge is 2.64. The first kappa shape index (κ1) is 28.5. The van der Waals surface area contributed by atoms with Gasteiger partial charge in [0, 0.05) is 78.5 Å². The predicted octanol–water partition coefficient (Wildman–Crippen LogP) is 2.29. The molecule has 6 rings (SSSR count). The molecule has 0 saturated carbocycles. The zero-order valence-corrected chi connectivity index (χ0v) is 25.1. The average molecular weight is 574 g/mol. The van der Waals surface area contributed by atoms with Crippen molar-refractivity contribution in [2.45, 2.75) is 56.7 Å². The first-order valence-corrected chi connectivity index (χ1v) is 18.1. The maximum atomic E-state index is 8.35. The van der Waals surface area contributed by atoms with Gasteiger partial charge in [-0.25, -0.2) is 0 Å². The zero-order chi connectivity index (χ0) is 25.8. The molecule has 38 heavy (non-hydrogen) atoms. The summed E-state index contributed by atoms with van der Waals surface area (Å²) in [5, 5.41) is 0. The summed E-state index contributed by atoms with van der Waals surface area (Å²) in [6, 6.07) is 1.65. The number of nitrogens with zero attached hydrogens (tertiary/aromatic N) is 6. The molecule has 6 fully saturated rings. The Morgan fingerprint density at radius 2 is 0.763 bits per heavy atom. The van der Waals surface area contributed by atoms with Crippen LogP contribution in [0.2, 0.25) is 0 Å². The van der Waals surface area contributed by atoms with Crippen LogP contribution in [0, 0.1) is 0 Å². The Kier molecular flexibility index (Phi) is 10.2. The average Bonchev–Trinajstić information content (AvgIpc) is 3.72. The molecule has 0 spiro atoms. The summed E-state index contributed by atoms with van der Waals surface area (Å²) in [5.74, 6) is 0. The van der Waals surface area contributed by atoms with Crippen molar-refractivity contribution >= 4 is 18.3 Å². The van der Waals surface area contributed by atoms with Gasteiger partial charge in [-0.05, 0) is 38.5 Å². The molecule has 0 aromatic carbocycles. The molecule has 0 unspecified atom stereocenters. The van der Waals surface area contributed by atoms with E-state index in [4.69, 9.17) is 25.5 Å². The second-order valence-corrected chi connectivity index (χ2v) is 16.0. The van der Waals surface area contributed by atoms with E-state index in [1.54, 1.807) is 0 Å². The quantitative estimate of drug-likeness (QED) is 0.387. The number of hydrogen-bond acceptors (Lipinski definition) is 9. The van der Waals surface area contributed by atoms with Crippen molar-refractivity contribution in [3.05, 3.63) is 0 Å². The summed E-state index contributed by atoms with van der Waals surface area (Å²) in [5.41, 5.74) is 0. The Hall–Kier alpha value is 0.360. The monoisotopic (exact) mass is 573 g/mol. The molecule has 0 amide bonds. The molecule has 0 bridgehead atoms. The van der Waals surface area contributed by atoms with Crippen molar-refractivity contribution < 1.29 is 14.2 Å². The molecule has 0 N–H and O–H groups in total. The van der Waals surface area contributed by atoms with Gasteiger partial charge in [-0.3, -0.25) is 14.7 Å². The minimum Gasteiger partial charge on any atom is -0.379 e. The lowest BCUT2D eigenvalue weighted by Crippen LogP contribution is -2.54. The van der Waals surface area contributed by atoms with Crippen molar-refractivity contribution in [1.82, 2.24) is 28.7 Å². The molecule has 6 heterocycles. The summed E-state index contributed by atoms with van der Waals surface area (Å²) in [4.78, 5) is 7.91. The van der Waals surface area contributed by atoms with Crippen LogP contribution in [0.1, 0.15) is 38.5 Å². The Labute approximate surface area is 235 Å². The Morgan fingerprint density at radius 3 is 1.05 bits per heavy atom. The van der Waals surface area contributed by atoms with Crippen LogP contribution < -0.4 is 0 Å². The molecule has 0 aromatic heterocycles. The van der Waals surface area contributed by atoms with Crippen molar-refractivity contribution in [1.29, 1.82) is 0 Å². The third kappa shape index (κ3) is 6.39. The number of morpholine rings is 3. The van der Waals surface area contributed by atoms with Gasteiger partial charge in [0.15, 0.2) is 11.2 Å². The topological polar surface area (TPSA) is 47.1 Å². The maximum absolute atomic E-state index is 8.35. The molecular weight excluding hydrogens is 523 g/mol. The van der Waals surface area contributed by atoms with E-state index in [1.807, 2.05) is 0 Å². The summed E-state index contributed by atoms with van der Waals surface area (Å²) < 4.78 is 25.6. The number of rotatable bonds is 9. The molecule has 0 aromatic rings. The molecule has 11 heteroatoms. The molecule has 6 aliphatic rings. The third-order valence-electron chi connectivity index (χ3n) is 9.74. The van der Waals surface area contributed by atoms with Crippen LogP contribution in [0.4, 0.5) is 0 Å². The maximum Gasteiger partial charge on any atom is 0.332 e. The van der Waals surface area contributed by atoms with Gasteiger partial charge in [-0.15, -0.1) is 14.0 Å². The minimum atomic E-state index is -2.19. The zero-order valence-electron chi connectivity index (χ0n) is 23.4. The molecule has 9 nitrogen and oxygen atoms in total. The van der Waals surface area contributed by atoms with Gasteiger partial charge in [0.1, 0.15) is 0 Å². The Balaban J connectivity index is 1.25. The standard InChI is InChI=1S/C27H51ClN6O3P/c28-38(32-7-1-4-25(32)22-29-10-16-35-17-11-29,33-8-2-5-26(33)23-30-12-18-36-19-13-30)34-9-3-6-27(34)24-31-14-20-37-21-15-31/h25-27H,1-24H2/q+1/t25-,26-,27-/m0/s1. The van der Waals surface area contributed by atoms with E-state index in [1.165, 1.54) is 38.5 Å². The Morgan fingerprint density at radius 1 is 0.474 bits per heavy atom. The van der Waals surface area contributed by atoms with Gasteiger partial charge in [0.2, 0.25) is 0 Å². The lowest BCUT2D eigenvalue weighted by Gasteiger charge is -2.46. The fraction of sp³-hybridized carbons (Fsp3) is 1.00. The molecular formula is C27H51ClN6O3P+. The fourth-order valence-corrected chi connectivity index (χ4v) is 13.4. The van der Waals surface area contributed by atoms with Gasteiger partial charge < -0.3 is 14.2 Å². The van der Waals surface area contributed by atoms with Crippen LogP contribution in [0.15, 0.2) is 0 Å². The van der Waals surface area contributed by atoms with E-state index in [9.17, 15) is 0 Å². The number of ether oxygens (including phenoxy) is 3. The molecule has 3 atom stereocenters. The van der Waals surface area contributed by atoms with Gasteiger partial charge >= 0.3 is 7.07 Å². The molecule has 6 saturated heterocycles. The van der Waals surface area contributed by atoms with Gasteiger partial charge in [-0.2, -0.15) is 0 Å². The van der Waals surface area contributed by atoms with Crippen LogP contribution >= 0.6 is 18.3 Å².